The van der Waals surface area contributed by atoms with Gasteiger partial charge in [0.05, 0.1) is 29.8 Å². The third kappa shape index (κ3) is 7.69. The highest BCUT2D eigenvalue weighted by molar-refractivity contribution is 7.92. The minimum absolute atomic E-state index is 0.00813. The number of sulfonamides is 1. The minimum atomic E-state index is -4.25. The molecule has 1 N–H and O–H groups in total. The van der Waals surface area contributed by atoms with Crippen LogP contribution in [0.2, 0.25) is 5.02 Å². The fraction of sp³-hybridized carbons (Fsp3) is 0.212. The summed E-state index contributed by atoms with van der Waals surface area (Å²) in [4.78, 5) is 29.1. The van der Waals surface area contributed by atoms with Gasteiger partial charge in [-0.3, -0.25) is 13.9 Å². The van der Waals surface area contributed by atoms with Gasteiger partial charge in [0.25, 0.3) is 10.0 Å². The van der Waals surface area contributed by atoms with Crippen LogP contribution in [0.4, 0.5) is 5.69 Å². The van der Waals surface area contributed by atoms with Crippen molar-refractivity contribution in [1.29, 1.82) is 0 Å². The Balaban J connectivity index is 1.81. The average Bonchev–Trinajstić information content (AvgIpc) is 3.05. The largest absolute Gasteiger partial charge is 0.497 e. The van der Waals surface area contributed by atoms with Gasteiger partial charge in [-0.2, -0.15) is 0 Å². The number of hydrogen-bond acceptors (Lipinski definition) is 6. The van der Waals surface area contributed by atoms with Crippen LogP contribution in [-0.4, -0.2) is 59.0 Å². The van der Waals surface area contributed by atoms with Crippen LogP contribution in [0.15, 0.2) is 108 Å². The lowest BCUT2D eigenvalue weighted by Gasteiger charge is -2.33. The molecule has 0 aromatic heterocycles. The van der Waals surface area contributed by atoms with Crippen LogP contribution >= 0.6 is 11.6 Å². The predicted molar refractivity (Wildman–Crippen MR) is 171 cm³/mol. The lowest BCUT2D eigenvalue weighted by molar-refractivity contribution is -0.139. The van der Waals surface area contributed by atoms with Gasteiger partial charge in [-0.15, -0.1) is 0 Å². The summed E-state index contributed by atoms with van der Waals surface area (Å²) in [6, 6.07) is 27.8. The highest BCUT2D eigenvalue weighted by Crippen LogP contribution is 2.32. The molecular formula is C33H34ClN3O6S. The van der Waals surface area contributed by atoms with Crippen LogP contribution < -0.4 is 19.1 Å². The zero-order valence-corrected chi connectivity index (χ0v) is 26.2. The molecular weight excluding hydrogens is 602 g/mol. The molecule has 0 aliphatic carbocycles. The van der Waals surface area contributed by atoms with Crippen molar-refractivity contribution in [3.8, 4) is 11.5 Å². The Morgan fingerprint density at radius 1 is 0.841 bits per heavy atom. The van der Waals surface area contributed by atoms with E-state index in [1.807, 2.05) is 36.4 Å². The number of anilines is 1. The topological polar surface area (TPSA) is 105 Å². The Morgan fingerprint density at radius 2 is 1.50 bits per heavy atom. The van der Waals surface area contributed by atoms with E-state index < -0.39 is 34.4 Å². The molecule has 230 valence electrons. The minimum Gasteiger partial charge on any atom is -0.497 e. The van der Waals surface area contributed by atoms with Crippen molar-refractivity contribution in [2.75, 3.05) is 32.1 Å². The third-order valence-electron chi connectivity index (χ3n) is 7.04. The van der Waals surface area contributed by atoms with Crippen molar-refractivity contribution < 1.29 is 27.5 Å². The second-order valence-corrected chi connectivity index (χ2v) is 12.1. The van der Waals surface area contributed by atoms with E-state index in [4.69, 9.17) is 21.1 Å². The van der Waals surface area contributed by atoms with Gasteiger partial charge in [-0.25, -0.2) is 8.42 Å². The summed E-state index contributed by atoms with van der Waals surface area (Å²) in [5.74, 6) is -0.0598. The zero-order chi connectivity index (χ0) is 31.7. The Bertz CT molecular complexity index is 1690. The van der Waals surface area contributed by atoms with E-state index in [1.165, 1.54) is 56.5 Å². The first kappa shape index (κ1) is 32.4. The van der Waals surface area contributed by atoms with E-state index in [9.17, 15) is 18.0 Å². The van der Waals surface area contributed by atoms with Crippen LogP contribution in [0.5, 0.6) is 11.5 Å². The monoisotopic (exact) mass is 635 g/mol. The Kier molecular flexibility index (Phi) is 10.9. The van der Waals surface area contributed by atoms with E-state index in [0.717, 1.165) is 9.87 Å². The average molecular weight is 636 g/mol. The van der Waals surface area contributed by atoms with E-state index in [1.54, 1.807) is 36.4 Å². The summed E-state index contributed by atoms with van der Waals surface area (Å²) in [6.07, 6.45) is 0.204. The van der Waals surface area contributed by atoms with Crippen molar-refractivity contribution in [1.82, 2.24) is 10.2 Å². The molecule has 0 radical (unpaired) electrons. The number of carbonyl (C=O) groups is 2. The first-order valence-corrected chi connectivity index (χ1v) is 15.6. The number of nitrogens with one attached hydrogen (secondary N) is 1. The molecule has 4 aromatic carbocycles. The second kappa shape index (κ2) is 14.8. The Hall–Kier alpha value is -4.54. The van der Waals surface area contributed by atoms with Crippen molar-refractivity contribution in [2.45, 2.75) is 23.9 Å². The van der Waals surface area contributed by atoms with Gasteiger partial charge in [0.15, 0.2) is 0 Å². The maximum atomic E-state index is 14.4. The van der Waals surface area contributed by atoms with Crippen molar-refractivity contribution in [3.63, 3.8) is 0 Å². The molecule has 0 spiro atoms. The number of methoxy groups -OCH3 is 2. The van der Waals surface area contributed by atoms with Crippen LogP contribution in [0.1, 0.15) is 11.1 Å². The highest BCUT2D eigenvalue weighted by atomic mass is 35.5. The number of likely N-dealkylation sites (N-methyl/N-ethyl adjacent to an activating group) is 1. The molecule has 4 aromatic rings. The molecule has 0 unspecified atom stereocenters. The molecule has 0 aliphatic heterocycles. The highest BCUT2D eigenvalue weighted by Gasteiger charge is 2.34. The van der Waals surface area contributed by atoms with Crippen molar-refractivity contribution in [3.05, 3.63) is 119 Å². The first-order valence-electron chi connectivity index (χ1n) is 13.8. The van der Waals surface area contributed by atoms with Gasteiger partial charge in [0, 0.05) is 20.0 Å². The lowest BCUT2D eigenvalue weighted by atomic mass is 10.0. The maximum absolute atomic E-state index is 14.4. The van der Waals surface area contributed by atoms with Crippen molar-refractivity contribution >= 4 is 39.1 Å². The predicted octanol–water partition coefficient (Wildman–Crippen LogP) is 4.94. The number of carbonyl (C=O) groups excluding carboxylic acids is 2. The standard InChI is InChI=1S/C33H34ClN3O6S/c1-35-33(39)30(20-24-11-6-4-7-12-24)36(22-25-13-10-14-27(19-25)42-2)32(38)23-37(26-17-18-31(43-3)29(34)21-26)44(40,41)28-15-8-5-9-16-28/h4-19,21,30H,20,22-23H2,1-3H3,(H,35,39)/t30-/m1/s1. The Morgan fingerprint density at radius 3 is 2.11 bits per heavy atom. The quantitative estimate of drug-likeness (QED) is 0.223. The van der Waals surface area contributed by atoms with E-state index in [-0.39, 0.29) is 28.6 Å². The number of hydrogen-bond donors (Lipinski definition) is 1. The number of rotatable bonds is 13. The molecule has 0 aliphatic rings. The van der Waals surface area contributed by atoms with Gasteiger partial charge in [0.2, 0.25) is 11.8 Å². The van der Waals surface area contributed by atoms with Crippen LogP contribution in [-0.2, 0) is 32.6 Å². The van der Waals surface area contributed by atoms with Gasteiger partial charge in [0.1, 0.15) is 24.1 Å². The van der Waals surface area contributed by atoms with Crippen LogP contribution in [0.25, 0.3) is 0 Å². The van der Waals surface area contributed by atoms with E-state index in [0.29, 0.717) is 17.1 Å². The summed E-state index contributed by atoms with van der Waals surface area (Å²) in [5.41, 5.74) is 1.69. The summed E-state index contributed by atoms with van der Waals surface area (Å²) in [7, 11) is 0.241. The summed E-state index contributed by atoms with van der Waals surface area (Å²) in [5, 5.41) is 2.84. The molecule has 0 saturated heterocycles. The molecule has 44 heavy (non-hydrogen) atoms. The summed E-state index contributed by atoms with van der Waals surface area (Å²) in [6.45, 7) is -0.588. The fourth-order valence-corrected chi connectivity index (χ4v) is 6.43. The number of ether oxygens (including phenoxy) is 2. The lowest BCUT2D eigenvalue weighted by Crippen LogP contribution is -2.53. The maximum Gasteiger partial charge on any atom is 0.264 e. The molecule has 0 bridgehead atoms. The second-order valence-electron chi connectivity index (χ2n) is 9.84. The first-order chi connectivity index (χ1) is 21.2. The number of nitrogens with zero attached hydrogens (tertiary/aromatic N) is 2. The fourth-order valence-electron chi connectivity index (χ4n) is 4.75. The normalized spacial score (nSPS) is 11.7. The van der Waals surface area contributed by atoms with Crippen LogP contribution in [0, 0.1) is 0 Å². The summed E-state index contributed by atoms with van der Waals surface area (Å²) >= 11 is 6.40. The number of halogens is 1. The van der Waals surface area contributed by atoms with Gasteiger partial charge in [-0.05, 0) is 53.6 Å². The molecule has 4 rings (SSSR count). The van der Waals surface area contributed by atoms with Gasteiger partial charge < -0.3 is 19.7 Å². The van der Waals surface area contributed by atoms with E-state index >= 15 is 0 Å². The molecule has 1 atom stereocenters. The van der Waals surface area contributed by atoms with Crippen LogP contribution in [0.3, 0.4) is 0 Å². The molecule has 2 amide bonds. The number of benzene rings is 4. The molecule has 9 nitrogen and oxygen atoms in total. The SMILES string of the molecule is CNC(=O)[C@@H](Cc1ccccc1)N(Cc1cccc(OC)c1)C(=O)CN(c1ccc(OC)c(Cl)c1)S(=O)(=O)c1ccccc1. The summed E-state index contributed by atoms with van der Waals surface area (Å²) < 4.78 is 39.7. The third-order valence-corrected chi connectivity index (χ3v) is 9.12. The molecule has 0 saturated carbocycles. The molecule has 0 fully saturated rings. The molecule has 11 heteroatoms. The zero-order valence-electron chi connectivity index (χ0n) is 24.6. The van der Waals surface area contributed by atoms with Crippen molar-refractivity contribution in [2.24, 2.45) is 0 Å². The smallest absolute Gasteiger partial charge is 0.264 e. The Labute approximate surface area is 263 Å². The van der Waals surface area contributed by atoms with E-state index in [2.05, 4.69) is 5.32 Å². The van der Waals surface area contributed by atoms with Gasteiger partial charge in [-0.1, -0.05) is 72.3 Å². The molecule has 0 heterocycles. The van der Waals surface area contributed by atoms with Gasteiger partial charge >= 0.3 is 0 Å². The number of amides is 2.